The van der Waals surface area contributed by atoms with Crippen LogP contribution in [0.15, 0.2) is 42.5 Å². The zero-order valence-corrected chi connectivity index (χ0v) is 11.1. The minimum absolute atomic E-state index is 0.291. The van der Waals surface area contributed by atoms with E-state index in [1.807, 2.05) is 24.3 Å². The van der Waals surface area contributed by atoms with Crippen molar-refractivity contribution >= 4 is 0 Å². The number of hydrogen-bond donors (Lipinski definition) is 1. The molecular formula is C17H18O2. The number of aryl methyl sites for hydroxylation is 2. The molecule has 0 amide bonds. The predicted octanol–water partition coefficient (Wildman–Crippen LogP) is 3.55. The van der Waals surface area contributed by atoms with E-state index in [1.54, 1.807) is 0 Å². The SMILES string of the molecule is Cc1ccccc1COc1ccc2c(c1)CC[C@@H]2O. The van der Waals surface area contributed by atoms with Crippen molar-refractivity contribution in [3.05, 3.63) is 64.7 Å². The molecule has 0 heterocycles. The summed E-state index contributed by atoms with van der Waals surface area (Å²) in [6, 6.07) is 14.3. The summed E-state index contributed by atoms with van der Waals surface area (Å²) in [5.41, 5.74) is 4.74. The molecule has 0 unspecified atom stereocenters. The average Bonchev–Trinajstić information content (AvgIpc) is 2.79. The van der Waals surface area contributed by atoms with Crippen molar-refractivity contribution in [3.8, 4) is 5.75 Å². The standard InChI is InChI=1S/C17H18O2/c1-12-4-2-3-5-14(12)11-19-15-7-8-16-13(10-15)6-9-17(16)18/h2-5,7-8,10,17-18H,6,9,11H2,1H3/t17-/m0/s1. The van der Waals surface area contributed by atoms with E-state index < -0.39 is 0 Å². The summed E-state index contributed by atoms with van der Waals surface area (Å²) < 4.78 is 5.85. The molecule has 1 aliphatic rings. The van der Waals surface area contributed by atoms with Gasteiger partial charge in [0.2, 0.25) is 0 Å². The summed E-state index contributed by atoms with van der Waals surface area (Å²) in [4.78, 5) is 0. The van der Waals surface area contributed by atoms with Crippen molar-refractivity contribution in [2.45, 2.75) is 32.5 Å². The second-order valence-electron chi connectivity index (χ2n) is 5.13. The Kier molecular flexibility index (Phi) is 3.26. The highest BCUT2D eigenvalue weighted by atomic mass is 16.5. The first-order valence-electron chi connectivity index (χ1n) is 6.72. The van der Waals surface area contributed by atoms with Crippen LogP contribution in [0, 0.1) is 6.92 Å². The van der Waals surface area contributed by atoms with Crippen molar-refractivity contribution in [2.24, 2.45) is 0 Å². The Morgan fingerprint density at radius 2 is 2.05 bits per heavy atom. The van der Waals surface area contributed by atoms with Crippen molar-refractivity contribution in [1.29, 1.82) is 0 Å². The van der Waals surface area contributed by atoms with Crippen molar-refractivity contribution in [3.63, 3.8) is 0 Å². The molecule has 0 saturated heterocycles. The normalized spacial score (nSPS) is 17.3. The van der Waals surface area contributed by atoms with E-state index in [2.05, 4.69) is 25.1 Å². The van der Waals surface area contributed by atoms with Crippen LogP contribution in [0.25, 0.3) is 0 Å². The molecule has 2 aromatic carbocycles. The van der Waals surface area contributed by atoms with E-state index in [4.69, 9.17) is 4.74 Å². The molecule has 0 aromatic heterocycles. The number of aliphatic hydroxyl groups is 1. The fourth-order valence-electron chi connectivity index (χ4n) is 2.59. The summed E-state index contributed by atoms with van der Waals surface area (Å²) >= 11 is 0. The van der Waals surface area contributed by atoms with E-state index in [-0.39, 0.29) is 6.10 Å². The molecule has 0 saturated carbocycles. The molecular weight excluding hydrogens is 236 g/mol. The van der Waals surface area contributed by atoms with Gasteiger partial charge in [-0.3, -0.25) is 0 Å². The minimum atomic E-state index is -0.291. The van der Waals surface area contributed by atoms with Gasteiger partial charge in [-0.1, -0.05) is 30.3 Å². The molecule has 19 heavy (non-hydrogen) atoms. The van der Waals surface area contributed by atoms with Crippen molar-refractivity contribution in [2.75, 3.05) is 0 Å². The highest BCUT2D eigenvalue weighted by Crippen LogP contribution is 2.33. The van der Waals surface area contributed by atoms with Crippen molar-refractivity contribution < 1.29 is 9.84 Å². The minimum Gasteiger partial charge on any atom is -0.489 e. The van der Waals surface area contributed by atoms with Gasteiger partial charge in [-0.25, -0.2) is 0 Å². The molecule has 1 N–H and O–H groups in total. The maximum Gasteiger partial charge on any atom is 0.120 e. The van der Waals surface area contributed by atoms with Crippen LogP contribution in [0.3, 0.4) is 0 Å². The lowest BCUT2D eigenvalue weighted by Gasteiger charge is -2.10. The first-order valence-corrected chi connectivity index (χ1v) is 6.72. The third-order valence-electron chi connectivity index (χ3n) is 3.82. The van der Waals surface area contributed by atoms with Crippen LogP contribution < -0.4 is 4.74 Å². The van der Waals surface area contributed by atoms with E-state index in [0.717, 1.165) is 24.2 Å². The Bertz CT molecular complexity index is 590. The lowest BCUT2D eigenvalue weighted by Crippen LogP contribution is -1.98. The quantitative estimate of drug-likeness (QED) is 0.907. The number of aliphatic hydroxyl groups excluding tert-OH is 1. The van der Waals surface area contributed by atoms with E-state index >= 15 is 0 Å². The van der Waals surface area contributed by atoms with Crippen LogP contribution in [-0.2, 0) is 13.0 Å². The zero-order valence-electron chi connectivity index (χ0n) is 11.1. The van der Waals surface area contributed by atoms with Gasteiger partial charge in [0.05, 0.1) is 6.10 Å². The van der Waals surface area contributed by atoms with Gasteiger partial charge >= 0.3 is 0 Å². The number of hydrogen-bond acceptors (Lipinski definition) is 2. The Labute approximate surface area is 113 Å². The van der Waals surface area contributed by atoms with Gasteiger partial charge in [-0.05, 0) is 54.2 Å². The first-order chi connectivity index (χ1) is 9.24. The second kappa shape index (κ2) is 5.06. The molecule has 0 aliphatic heterocycles. The fourth-order valence-corrected chi connectivity index (χ4v) is 2.59. The zero-order chi connectivity index (χ0) is 13.2. The van der Waals surface area contributed by atoms with Crippen molar-refractivity contribution in [1.82, 2.24) is 0 Å². The van der Waals surface area contributed by atoms with Gasteiger partial charge in [0.15, 0.2) is 0 Å². The lowest BCUT2D eigenvalue weighted by molar-refractivity contribution is 0.180. The third-order valence-corrected chi connectivity index (χ3v) is 3.82. The van der Waals surface area contributed by atoms with Gasteiger partial charge in [0, 0.05) is 0 Å². The number of benzene rings is 2. The monoisotopic (exact) mass is 254 g/mol. The summed E-state index contributed by atoms with van der Waals surface area (Å²) in [6.45, 7) is 2.69. The smallest absolute Gasteiger partial charge is 0.120 e. The molecule has 3 rings (SSSR count). The number of fused-ring (bicyclic) bond motifs is 1. The van der Waals surface area contributed by atoms with Gasteiger partial charge in [-0.2, -0.15) is 0 Å². The maximum absolute atomic E-state index is 9.78. The van der Waals surface area contributed by atoms with Crippen LogP contribution >= 0.6 is 0 Å². The Morgan fingerprint density at radius 3 is 2.89 bits per heavy atom. The highest BCUT2D eigenvalue weighted by Gasteiger charge is 2.20. The van der Waals surface area contributed by atoms with E-state index in [1.165, 1.54) is 16.7 Å². The van der Waals surface area contributed by atoms with Crippen LogP contribution in [0.1, 0.15) is 34.8 Å². The molecule has 2 heteroatoms. The third kappa shape index (κ3) is 2.49. The molecule has 0 bridgehead atoms. The Balaban J connectivity index is 1.73. The predicted molar refractivity (Wildman–Crippen MR) is 75.2 cm³/mol. The molecule has 1 atom stereocenters. The molecule has 2 nitrogen and oxygen atoms in total. The summed E-state index contributed by atoms with van der Waals surface area (Å²) in [5, 5.41) is 9.78. The highest BCUT2D eigenvalue weighted by molar-refractivity contribution is 5.40. The summed E-state index contributed by atoms with van der Waals surface area (Å²) in [6.07, 6.45) is 1.48. The van der Waals surface area contributed by atoms with E-state index in [0.29, 0.717) is 6.61 Å². The summed E-state index contributed by atoms with van der Waals surface area (Å²) in [5.74, 6) is 0.885. The average molecular weight is 254 g/mol. The fraction of sp³-hybridized carbons (Fsp3) is 0.294. The van der Waals surface area contributed by atoms with Gasteiger partial charge in [-0.15, -0.1) is 0 Å². The van der Waals surface area contributed by atoms with Crippen LogP contribution in [-0.4, -0.2) is 5.11 Å². The largest absolute Gasteiger partial charge is 0.489 e. The number of rotatable bonds is 3. The topological polar surface area (TPSA) is 29.5 Å². The van der Waals surface area contributed by atoms with Crippen LogP contribution in [0.2, 0.25) is 0 Å². The molecule has 0 spiro atoms. The summed E-state index contributed by atoms with van der Waals surface area (Å²) in [7, 11) is 0. The number of ether oxygens (including phenoxy) is 1. The molecule has 2 aromatic rings. The molecule has 1 aliphatic carbocycles. The molecule has 98 valence electrons. The molecule has 0 fully saturated rings. The molecule has 0 radical (unpaired) electrons. The first kappa shape index (κ1) is 12.2. The maximum atomic E-state index is 9.78. The Morgan fingerprint density at radius 1 is 1.21 bits per heavy atom. The Hall–Kier alpha value is -1.80. The van der Waals surface area contributed by atoms with Crippen LogP contribution in [0.4, 0.5) is 0 Å². The van der Waals surface area contributed by atoms with Gasteiger partial charge < -0.3 is 9.84 Å². The van der Waals surface area contributed by atoms with Crippen LogP contribution in [0.5, 0.6) is 5.75 Å². The van der Waals surface area contributed by atoms with E-state index in [9.17, 15) is 5.11 Å². The van der Waals surface area contributed by atoms with Gasteiger partial charge in [0.1, 0.15) is 12.4 Å². The second-order valence-corrected chi connectivity index (χ2v) is 5.13. The van der Waals surface area contributed by atoms with Gasteiger partial charge in [0.25, 0.3) is 0 Å². The lowest BCUT2D eigenvalue weighted by atomic mass is 10.1.